The van der Waals surface area contributed by atoms with Crippen LogP contribution in [0.25, 0.3) is 6.08 Å². The highest BCUT2D eigenvalue weighted by molar-refractivity contribution is 7.98. The molecule has 3 nitrogen and oxygen atoms in total. The molecule has 1 aromatic heterocycles. The number of para-hydroxylation sites is 1. The summed E-state index contributed by atoms with van der Waals surface area (Å²) in [5, 5.41) is 3.96. The molecule has 0 unspecified atom stereocenters. The molecule has 0 bridgehead atoms. The zero-order valence-electron chi connectivity index (χ0n) is 11.7. The van der Waals surface area contributed by atoms with E-state index in [1.165, 1.54) is 0 Å². The molecule has 0 fully saturated rings. The summed E-state index contributed by atoms with van der Waals surface area (Å²) in [6.07, 6.45) is 9.54. The van der Waals surface area contributed by atoms with Crippen molar-refractivity contribution < 1.29 is 9.26 Å². The fraction of sp³-hybridized carbons (Fsp3) is 0.235. The van der Waals surface area contributed by atoms with Crippen LogP contribution >= 0.6 is 11.8 Å². The van der Waals surface area contributed by atoms with Gasteiger partial charge in [-0.3, -0.25) is 0 Å². The number of ether oxygens (including phenoxy) is 1. The second-order valence-corrected chi connectivity index (χ2v) is 5.35. The molecule has 0 saturated heterocycles. The molecule has 0 radical (unpaired) electrons. The van der Waals surface area contributed by atoms with Crippen LogP contribution < -0.4 is 4.74 Å². The number of allylic oxidation sites excluding steroid dienone is 1. The van der Waals surface area contributed by atoms with Crippen LogP contribution in [0.5, 0.6) is 5.75 Å². The molecule has 0 aliphatic rings. The van der Waals surface area contributed by atoms with E-state index in [-0.39, 0.29) is 0 Å². The van der Waals surface area contributed by atoms with Crippen LogP contribution in [0.2, 0.25) is 0 Å². The molecule has 0 aliphatic carbocycles. The van der Waals surface area contributed by atoms with E-state index in [1.807, 2.05) is 48.6 Å². The highest BCUT2D eigenvalue weighted by Gasteiger charge is 2.02. The number of terminal acetylenes is 1. The third-order valence-corrected chi connectivity index (χ3v) is 3.53. The summed E-state index contributed by atoms with van der Waals surface area (Å²) in [6, 6.07) is 11.7. The van der Waals surface area contributed by atoms with Gasteiger partial charge in [-0.1, -0.05) is 29.4 Å². The maximum atomic E-state index is 5.62. The van der Waals surface area contributed by atoms with Gasteiger partial charge in [0.1, 0.15) is 17.2 Å². The Morgan fingerprint density at radius 3 is 3.00 bits per heavy atom. The van der Waals surface area contributed by atoms with Gasteiger partial charge >= 0.3 is 0 Å². The molecule has 0 spiro atoms. The molecular weight excluding hydrogens is 282 g/mol. The number of thioether (sulfide) groups is 1. The van der Waals surface area contributed by atoms with Gasteiger partial charge in [0, 0.05) is 18.2 Å². The summed E-state index contributed by atoms with van der Waals surface area (Å²) in [7, 11) is 0. The fourth-order valence-electron chi connectivity index (χ4n) is 1.63. The Kier molecular flexibility index (Phi) is 6.50. The lowest BCUT2D eigenvalue weighted by Crippen LogP contribution is -1.99. The summed E-state index contributed by atoms with van der Waals surface area (Å²) < 4.78 is 10.9. The molecule has 0 saturated carbocycles. The minimum atomic E-state index is 0.605. The standard InChI is InChI=1S/C17H17NO2S/c1-2-3-5-8-15-13-17(20-18-15)14-21-12-11-19-16-9-6-4-7-10-16/h1,4-10,13H,3,11-12,14H2/b8-5+. The van der Waals surface area contributed by atoms with Crippen molar-refractivity contribution in [2.75, 3.05) is 12.4 Å². The molecule has 0 atom stereocenters. The van der Waals surface area contributed by atoms with Crippen molar-refractivity contribution in [3.63, 3.8) is 0 Å². The van der Waals surface area contributed by atoms with E-state index in [4.69, 9.17) is 15.7 Å². The first-order chi connectivity index (χ1) is 10.4. The topological polar surface area (TPSA) is 35.3 Å². The Hall–Kier alpha value is -2.12. The Balaban J connectivity index is 1.64. The first-order valence-electron chi connectivity index (χ1n) is 6.69. The fourth-order valence-corrected chi connectivity index (χ4v) is 2.31. The Morgan fingerprint density at radius 2 is 2.19 bits per heavy atom. The number of nitrogens with zero attached hydrogens (tertiary/aromatic N) is 1. The van der Waals surface area contributed by atoms with Gasteiger partial charge in [-0.2, -0.15) is 11.8 Å². The lowest BCUT2D eigenvalue weighted by Gasteiger charge is -2.04. The molecule has 108 valence electrons. The van der Waals surface area contributed by atoms with Crippen molar-refractivity contribution >= 4 is 17.8 Å². The van der Waals surface area contributed by atoms with Crippen molar-refractivity contribution in [1.29, 1.82) is 0 Å². The minimum absolute atomic E-state index is 0.605. The van der Waals surface area contributed by atoms with Crippen molar-refractivity contribution in [2.45, 2.75) is 12.2 Å². The van der Waals surface area contributed by atoms with Crippen LogP contribution in [0.3, 0.4) is 0 Å². The predicted octanol–water partition coefficient (Wildman–Crippen LogP) is 4.02. The highest BCUT2D eigenvalue weighted by atomic mass is 32.2. The Bertz CT molecular complexity index is 599. The van der Waals surface area contributed by atoms with Gasteiger partial charge in [0.25, 0.3) is 0 Å². The zero-order valence-corrected chi connectivity index (χ0v) is 12.5. The van der Waals surface area contributed by atoms with Crippen molar-refractivity contribution in [2.24, 2.45) is 0 Å². The monoisotopic (exact) mass is 299 g/mol. The Morgan fingerprint density at radius 1 is 1.33 bits per heavy atom. The largest absolute Gasteiger partial charge is 0.493 e. The molecule has 1 aromatic carbocycles. The van der Waals surface area contributed by atoms with E-state index in [9.17, 15) is 0 Å². The van der Waals surface area contributed by atoms with Crippen molar-refractivity contribution in [3.8, 4) is 18.1 Å². The summed E-state index contributed by atoms with van der Waals surface area (Å²) in [4.78, 5) is 0. The van der Waals surface area contributed by atoms with Gasteiger partial charge in [0.15, 0.2) is 0 Å². The maximum Gasteiger partial charge on any atom is 0.147 e. The van der Waals surface area contributed by atoms with Crippen LogP contribution in [-0.4, -0.2) is 17.5 Å². The number of hydrogen-bond acceptors (Lipinski definition) is 4. The molecule has 1 heterocycles. The minimum Gasteiger partial charge on any atom is -0.493 e. The number of hydrogen-bond donors (Lipinski definition) is 0. The van der Waals surface area contributed by atoms with Gasteiger partial charge in [-0.05, 0) is 18.2 Å². The van der Waals surface area contributed by atoms with Crippen molar-refractivity contribution in [3.05, 3.63) is 53.9 Å². The van der Waals surface area contributed by atoms with Crippen LogP contribution in [0.4, 0.5) is 0 Å². The highest BCUT2D eigenvalue weighted by Crippen LogP contribution is 2.15. The average molecular weight is 299 g/mol. The third kappa shape index (κ3) is 5.80. The lowest BCUT2D eigenvalue weighted by molar-refractivity contribution is 0.344. The quantitative estimate of drug-likeness (QED) is 0.545. The van der Waals surface area contributed by atoms with Gasteiger partial charge < -0.3 is 9.26 Å². The molecule has 0 amide bonds. The van der Waals surface area contributed by atoms with Gasteiger partial charge in [-0.15, -0.1) is 12.3 Å². The average Bonchev–Trinajstić information content (AvgIpc) is 2.96. The van der Waals surface area contributed by atoms with Crippen LogP contribution in [-0.2, 0) is 5.75 Å². The van der Waals surface area contributed by atoms with Crippen LogP contribution in [0.15, 0.2) is 47.0 Å². The molecule has 0 N–H and O–H groups in total. The van der Waals surface area contributed by atoms with E-state index < -0.39 is 0 Å². The summed E-state index contributed by atoms with van der Waals surface area (Å²) in [6.45, 7) is 0.678. The van der Waals surface area contributed by atoms with E-state index in [0.717, 1.165) is 28.7 Å². The Labute approximate surface area is 129 Å². The molecular formula is C17H17NO2S. The molecule has 21 heavy (non-hydrogen) atoms. The normalized spacial score (nSPS) is 10.6. The molecule has 4 heteroatoms. The van der Waals surface area contributed by atoms with E-state index in [0.29, 0.717) is 13.0 Å². The predicted molar refractivity (Wildman–Crippen MR) is 87.1 cm³/mol. The summed E-state index contributed by atoms with van der Waals surface area (Å²) >= 11 is 1.75. The third-order valence-electron chi connectivity index (χ3n) is 2.59. The summed E-state index contributed by atoms with van der Waals surface area (Å²) in [5.74, 6) is 5.99. The first-order valence-corrected chi connectivity index (χ1v) is 7.85. The van der Waals surface area contributed by atoms with E-state index in [2.05, 4.69) is 11.1 Å². The lowest BCUT2D eigenvalue weighted by atomic mass is 10.3. The van der Waals surface area contributed by atoms with Crippen LogP contribution in [0, 0.1) is 12.3 Å². The number of aromatic nitrogens is 1. The molecule has 2 aromatic rings. The van der Waals surface area contributed by atoms with Gasteiger partial charge in [-0.25, -0.2) is 0 Å². The molecule has 0 aliphatic heterocycles. The SMILES string of the molecule is C#CC/C=C/c1cc(CSCCOc2ccccc2)on1. The molecule has 2 rings (SSSR count). The smallest absolute Gasteiger partial charge is 0.147 e. The second-order valence-electron chi connectivity index (χ2n) is 4.24. The van der Waals surface area contributed by atoms with Gasteiger partial charge in [0.05, 0.1) is 12.4 Å². The first kappa shape index (κ1) is 15.3. The van der Waals surface area contributed by atoms with Gasteiger partial charge in [0.2, 0.25) is 0 Å². The zero-order chi connectivity index (χ0) is 14.8. The van der Waals surface area contributed by atoms with E-state index >= 15 is 0 Å². The van der Waals surface area contributed by atoms with E-state index in [1.54, 1.807) is 11.8 Å². The number of benzene rings is 1. The van der Waals surface area contributed by atoms with Crippen LogP contribution in [0.1, 0.15) is 17.9 Å². The second kappa shape index (κ2) is 8.93. The maximum absolute atomic E-state index is 5.62. The van der Waals surface area contributed by atoms with Crippen molar-refractivity contribution in [1.82, 2.24) is 5.16 Å². The summed E-state index contributed by atoms with van der Waals surface area (Å²) in [5.41, 5.74) is 0.807. The number of rotatable bonds is 8.